The van der Waals surface area contributed by atoms with Crippen molar-refractivity contribution in [3.8, 4) is 0 Å². The number of rotatable bonds is 1. The minimum atomic E-state index is -0.00986. The van der Waals surface area contributed by atoms with E-state index in [0.29, 0.717) is 12.0 Å². The normalized spacial score (nSPS) is 15.8. The molecule has 0 aromatic carbocycles. The Morgan fingerprint density at radius 2 is 2.25 bits per heavy atom. The minimum Gasteiger partial charge on any atom is -0.345 e. The first-order chi connectivity index (χ1) is 5.63. The maximum absolute atomic E-state index is 11.4. The van der Waals surface area contributed by atoms with Crippen LogP contribution in [0.1, 0.15) is 6.42 Å². The van der Waals surface area contributed by atoms with Crippen LogP contribution in [0.15, 0.2) is 23.8 Å². The van der Waals surface area contributed by atoms with Crippen molar-refractivity contribution >= 4 is 23.0 Å². The molecular weight excluding hydrogens is 170 g/mol. The standard InChI is InChI=1S/C9H11NOS/c1-10(2)9(11)7-5-3-4-6-8(7)12/h3-5H,6H2,1-2H3. The molecule has 0 radical (unpaired) electrons. The van der Waals surface area contributed by atoms with E-state index in [1.54, 1.807) is 20.2 Å². The zero-order valence-electron chi connectivity index (χ0n) is 7.20. The van der Waals surface area contributed by atoms with Gasteiger partial charge in [-0.15, -0.1) is 0 Å². The molecule has 64 valence electrons. The number of allylic oxidation sites excluding steroid dienone is 3. The van der Waals surface area contributed by atoms with E-state index in [9.17, 15) is 4.79 Å². The third kappa shape index (κ3) is 1.80. The molecule has 0 saturated heterocycles. The molecule has 0 aliphatic heterocycles. The number of carbonyl (C=O) groups is 1. The van der Waals surface area contributed by atoms with Crippen LogP contribution in [0.3, 0.4) is 0 Å². The van der Waals surface area contributed by atoms with Crippen LogP contribution in [0.4, 0.5) is 0 Å². The summed E-state index contributed by atoms with van der Waals surface area (Å²) in [4.78, 5) is 13.7. The zero-order chi connectivity index (χ0) is 9.14. The van der Waals surface area contributed by atoms with E-state index in [1.807, 2.05) is 12.2 Å². The second kappa shape index (κ2) is 3.63. The molecule has 0 aromatic heterocycles. The smallest absolute Gasteiger partial charge is 0.254 e. The van der Waals surface area contributed by atoms with Gasteiger partial charge in [-0.2, -0.15) is 0 Å². The van der Waals surface area contributed by atoms with E-state index in [-0.39, 0.29) is 5.91 Å². The molecule has 0 spiro atoms. The minimum absolute atomic E-state index is 0.00986. The van der Waals surface area contributed by atoms with E-state index in [0.717, 1.165) is 4.86 Å². The lowest BCUT2D eigenvalue weighted by atomic mass is 10.0. The summed E-state index contributed by atoms with van der Waals surface area (Å²) in [7, 11) is 3.45. The second-order valence-corrected chi connectivity index (χ2v) is 3.33. The molecule has 0 atom stereocenters. The average Bonchev–Trinajstić information content (AvgIpc) is 2.04. The number of hydrogen-bond acceptors (Lipinski definition) is 2. The molecule has 3 heteroatoms. The maximum Gasteiger partial charge on any atom is 0.254 e. The lowest BCUT2D eigenvalue weighted by Gasteiger charge is -2.14. The number of nitrogens with zero attached hydrogens (tertiary/aromatic N) is 1. The fourth-order valence-electron chi connectivity index (χ4n) is 0.974. The topological polar surface area (TPSA) is 20.3 Å². The summed E-state index contributed by atoms with van der Waals surface area (Å²) in [6.45, 7) is 0. The quantitative estimate of drug-likeness (QED) is 0.569. The summed E-state index contributed by atoms with van der Waals surface area (Å²) in [6, 6.07) is 0. The van der Waals surface area contributed by atoms with Crippen LogP contribution in [0.5, 0.6) is 0 Å². The van der Waals surface area contributed by atoms with Gasteiger partial charge < -0.3 is 4.90 Å². The van der Waals surface area contributed by atoms with Crippen LogP contribution < -0.4 is 0 Å². The molecule has 1 amide bonds. The molecule has 1 aliphatic carbocycles. The van der Waals surface area contributed by atoms with Gasteiger partial charge in [0.1, 0.15) is 0 Å². The van der Waals surface area contributed by atoms with Gasteiger partial charge >= 0.3 is 0 Å². The van der Waals surface area contributed by atoms with E-state index >= 15 is 0 Å². The fourth-order valence-corrected chi connectivity index (χ4v) is 1.23. The van der Waals surface area contributed by atoms with E-state index in [2.05, 4.69) is 0 Å². The largest absolute Gasteiger partial charge is 0.345 e. The van der Waals surface area contributed by atoms with Crippen LogP contribution >= 0.6 is 12.2 Å². The lowest BCUT2D eigenvalue weighted by Crippen LogP contribution is -2.27. The number of thiocarbonyl (C=S) groups is 1. The highest BCUT2D eigenvalue weighted by atomic mass is 32.1. The molecule has 1 rings (SSSR count). The van der Waals surface area contributed by atoms with Crippen molar-refractivity contribution in [2.24, 2.45) is 0 Å². The number of likely N-dealkylation sites (N-methyl/N-ethyl adjacent to an activating group) is 1. The number of carbonyl (C=O) groups excluding carboxylic acids is 1. The van der Waals surface area contributed by atoms with Gasteiger partial charge in [-0.25, -0.2) is 0 Å². The van der Waals surface area contributed by atoms with Gasteiger partial charge in [0.25, 0.3) is 5.91 Å². The third-order valence-corrected chi connectivity index (χ3v) is 2.03. The van der Waals surface area contributed by atoms with Crippen molar-refractivity contribution in [3.63, 3.8) is 0 Å². The van der Waals surface area contributed by atoms with Crippen LogP contribution in [0.2, 0.25) is 0 Å². The predicted octanol–water partition coefficient (Wildman–Crippen LogP) is 1.33. The van der Waals surface area contributed by atoms with Gasteiger partial charge in [0.2, 0.25) is 0 Å². The predicted molar refractivity (Wildman–Crippen MR) is 53.1 cm³/mol. The van der Waals surface area contributed by atoms with E-state index in [4.69, 9.17) is 12.2 Å². The lowest BCUT2D eigenvalue weighted by molar-refractivity contribution is -0.124. The Labute approximate surface area is 77.6 Å². The molecule has 0 fully saturated rings. The van der Waals surface area contributed by atoms with Crippen molar-refractivity contribution in [3.05, 3.63) is 23.8 Å². The van der Waals surface area contributed by atoms with Crippen molar-refractivity contribution in [2.45, 2.75) is 6.42 Å². The molecule has 0 saturated carbocycles. The molecule has 0 aromatic rings. The van der Waals surface area contributed by atoms with E-state index in [1.165, 1.54) is 4.90 Å². The molecule has 1 aliphatic rings. The maximum atomic E-state index is 11.4. The molecule has 0 bridgehead atoms. The van der Waals surface area contributed by atoms with Gasteiger partial charge in [-0.05, 0) is 6.08 Å². The Morgan fingerprint density at radius 1 is 1.58 bits per heavy atom. The SMILES string of the molecule is CN(C)C(=O)C1=CC=CCC1=S. The van der Waals surface area contributed by atoms with Gasteiger partial charge in [0.05, 0.1) is 5.57 Å². The van der Waals surface area contributed by atoms with Crippen molar-refractivity contribution in [2.75, 3.05) is 14.1 Å². The molecule has 0 unspecified atom stereocenters. The van der Waals surface area contributed by atoms with Gasteiger partial charge in [-0.3, -0.25) is 4.79 Å². The first-order valence-electron chi connectivity index (χ1n) is 3.74. The summed E-state index contributed by atoms with van der Waals surface area (Å²) in [5.74, 6) is -0.00986. The molecule has 12 heavy (non-hydrogen) atoms. The van der Waals surface area contributed by atoms with Crippen LogP contribution in [-0.2, 0) is 4.79 Å². The first-order valence-corrected chi connectivity index (χ1v) is 4.15. The second-order valence-electron chi connectivity index (χ2n) is 2.84. The molecule has 0 N–H and O–H groups in total. The first kappa shape index (κ1) is 9.13. The van der Waals surface area contributed by atoms with E-state index < -0.39 is 0 Å². The van der Waals surface area contributed by atoms with Gasteiger partial charge in [0.15, 0.2) is 0 Å². The Morgan fingerprint density at radius 3 is 2.75 bits per heavy atom. The van der Waals surface area contributed by atoms with Crippen LogP contribution in [-0.4, -0.2) is 29.8 Å². The average molecular weight is 181 g/mol. The molecular formula is C9H11NOS. The summed E-state index contributed by atoms with van der Waals surface area (Å²) in [5.41, 5.74) is 0.650. The highest BCUT2D eigenvalue weighted by molar-refractivity contribution is 7.81. The molecule has 2 nitrogen and oxygen atoms in total. The van der Waals surface area contributed by atoms with Crippen molar-refractivity contribution < 1.29 is 4.79 Å². The van der Waals surface area contributed by atoms with Crippen molar-refractivity contribution in [1.82, 2.24) is 4.90 Å². The van der Waals surface area contributed by atoms with Crippen molar-refractivity contribution in [1.29, 1.82) is 0 Å². The highest BCUT2D eigenvalue weighted by Gasteiger charge is 2.16. The Kier molecular flexibility index (Phi) is 2.76. The Bertz CT molecular complexity index is 276. The summed E-state index contributed by atoms with van der Waals surface area (Å²) in [6.07, 6.45) is 6.30. The Hall–Kier alpha value is -0.960. The van der Waals surface area contributed by atoms with Crippen LogP contribution in [0, 0.1) is 0 Å². The summed E-state index contributed by atoms with van der Waals surface area (Å²) < 4.78 is 0. The summed E-state index contributed by atoms with van der Waals surface area (Å²) in [5, 5.41) is 0. The number of amides is 1. The highest BCUT2D eigenvalue weighted by Crippen LogP contribution is 2.11. The van der Waals surface area contributed by atoms with Gasteiger partial charge in [0, 0.05) is 25.4 Å². The number of hydrogen-bond donors (Lipinski definition) is 0. The summed E-state index contributed by atoms with van der Waals surface area (Å²) >= 11 is 5.06. The Balaban J connectivity index is 2.86. The monoisotopic (exact) mass is 181 g/mol. The molecule has 0 heterocycles. The van der Waals surface area contributed by atoms with Crippen LogP contribution in [0.25, 0.3) is 0 Å². The third-order valence-electron chi connectivity index (χ3n) is 1.64. The fraction of sp³-hybridized carbons (Fsp3) is 0.333. The zero-order valence-corrected chi connectivity index (χ0v) is 8.02. The van der Waals surface area contributed by atoms with Gasteiger partial charge in [-0.1, -0.05) is 24.4 Å².